The van der Waals surface area contributed by atoms with Crippen LogP contribution in [0.1, 0.15) is 35.2 Å². The van der Waals surface area contributed by atoms with E-state index in [0.717, 1.165) is 6.07 Å². The summed E-state index contributed by atoms with van der Waals surface area (Å²) in [7, 11) is 1.32. The molecule has 38 heavy (non-hydrogen) atoms. The van der Waals surface area contributed by atoms with Gasteiger partial charge in [0.25, 0.3) is 5.69 Å². The largest absolute Gasteiger partial charge is 0.507 e. The number of nitrogen functional groups attached to an aromatic ring is 1. The molecule has 0 aromatic heterocycles. The summed E-state index contributed by atoms with van der Waals surface area (Å²) < 4.78 is 5.33. The van der Waals surface area contributed by atoms with Gasteiger partial charge in [-0.3, -0.25) is 35.1 Å². The number of carbonyl (C=O) groups is 2. The predicted molar refractivity (Wildman–Crippen MR) is 132 cm³/mol. The fraction of sp³-hybridized carbons (Fsp3) is 0.160. The van der Waals surface area contributed by atoms with Gasteiger partial charge in [0.05, 0.1) is 35.1 Å². The van der Waals surface area contributed by atoms with E-state index in [0.29, 0.717) is 16.3 Å². The van der Waals surface area contributed by atoms with Crippen LogP contribution < -0.4 is 21.2 Å². The summed E-state index contributed by atoms with van der Waals surface area (Å²) in [6.07, 6.45) is -1.82. The van der Waals surface area contributed by atoms with Crippen LogP contribution in [0.5, 0.6) is 11.5 Å². The number of carboxylic acids is 2. The summed E-state index contributed by atoms with van der Waals surface area (Å²) >= 11 is 0. The van der Waals surface area contributed by atoms with E-state index >= 15 is 0 Å². The summed E-state index contributed by atoms with van der Waals surface area (Å²) in [5.41, 5.74) is 5.75. The highest BCUT2D eigenvalue weighted by Gasteiger charge is 2.29. The van der Waals surface area contributed by atoms with Crippen LogP contribution in [0.3, 0.4) is 0 Å². The van der Waals surface area contributed by atoms with Gasteiger partial charge in [-0.2, -0.15) is 0 Å². The molecule has 0 bridgehead atoms. The van der Waals surface area contributed by atoms with E-state index in [2.05, 4.69) is 9.98 Å². The number of nitro benzene ring substituents is 1. The van der Waals surface area contributed by atoms with Gasteiger partial charge in [0.15, 0.2) is 6.17 Å². The van der Waals surface area contributed by atoms with Crippen LogP contribution in [-0.4, -0.2) is 45.1 Å². The van der Waals surface area contributed by atoms with Gasteiger partial charge in [0.1, 0.15) is 17.3 Å². The number of phenolic OH excluding ortho intramolecular Hbond substituents is 1. The van der Waals surface area contributed by atoms with Crippen LogP contribution in [0.15, 0.2) is 58.5 Å². The summed E-state index contributed by atoms with van der Waals surface area (Å²) in [4.78, 5) is 43.2. The van der Waals surface area contributed by atoms with Crippen molar-refractivity contribution < 1.29 is 34.6 Å². The van der Waals surface area contributed by atoms with Crippen LogP contribution in [0, 0.1) is 15.5 Å². The standard InChI is InChI=1S/C25H21N5O8/c1-38-20-5-3-13(30(36)37)9-15(20)16-6-12(14(25(34)35)10-21(31)32)7-17(22(16)33)24-28-18-4-2-11(23(26)27)8-19(18)29-24/h2-9,14,24,33H,10H2,1H3,(H3,26,27)(H,31,32)(H,34,35). The molecule has 13 nitrogen and oxygen atoms in total. The number of aliphatic carboxylic acids is 2. The SMILES string of the molecule is COc1ccc([N+](=O)[O-])cc1-c1cc(C(CC(=O)O)C(=O)O)cc(C2N=c3ccc(C(=N)N)cc3=N2)c1O. The second kappa shape index (κ2) is 9.97. The quantitative estimate of drug-likeness (QED) is 0.120. The number of aromatic hydroxyl groups is 1. The van der Waals surface area contributed by atoms with E-state index in [4.69, 9.17) is 15.9 Å². The molecule has 13 heteroatoms. The number of nitrogens with zero attached hydrogens (tertiary/aromatic N) is 3. The number of fused-ring (bicyclic) bond motifs is 1. The van der Waals surface area contributed by atoms with Crippen molar-refractivity contribution in [2.45, 2.75) is 18.5 Å². The Morgan fingerprint density at radius 1 is 1.11 bits per heavy atom. The maximum absolute atomic E-state index is 12.0. The molecule has 1 aliphatic rings. The Morgan fingerprint density at radius 2 is 1.82 bits per heavy atom. The molecule has 1 heterocycles. The van der Waals surface area contributed by atoms with Gasteiger partial charge in [-0.15, -0.1) is 0 Å². The lowest BCUT2D eigenvalue weighted by Crippen LogP contribution is -2.24. The first-order valence-corrected chi connectivity index (χ1v) is 11.0. The zero-order valence-corrected chi connectivity index (χ0v) is 19.8. The lowest BCUT2D eigenvalue weighted by molar-refractivity contribution is -0.384. The Labute approximate surface area is 213 Å². The van der Waals surface area contributed by atoms with E-state index in [1.54, 1.807) is 12.1 Å². The van der Waals surface area contributed by atoms with E-state index < -0.39 is 41.1 Å². The van der Waals surface area contributed by atoms with Gasteiger partial charge in [0.2, 0.25) is 0 Å². The Hall–Kier alpha value is -5.33. The van der Waals surface area contributed by atoms with Gasteiger partial charge in [-0.25, -0.2) is 0 Å². The monoisotopic (exact) mass is 519 g/mol. The van der Waals surface area contributed by atoms with Crippen molar-refractivity contribution in [3.63, 3.8) is 0 Å². The number of methoxy groups -OCH3 is 1. The number of carboxylic acid groups (broad SMARTS) is 2. The molecule has 0 saturated heterocycles. The first-order valence-electron chi connectivity index (χ1n) is 11.0. The number of rotatable bonds is 9. The second-order valence-electron chi connectivity index (χ2n) is 8.39. The number of nitro groups is 1. The van der Waals surface area contributed by atoms with Crippen molar-refractivity contribution in [3.05, 3.63) is 86.1 Å². The zero-order chi connectivity index (χ0) is 27.7. The average Bonchev–Trinajstić information content (AvgIpc) is 3.30. The van der Waals surface area contributed by atoms with Gasteiger partial charge >= 0.3 is 11.9 Å². The molecule has 0 saturated carbocycles. The van der Waals surface area contributed by atoms with Crippen LogP contribution in [-0.2, 0) is 9.59 Å². The fourth-order valence-electron chi connectivity index (χ4n) is 4.16. The van der Waals surface area contributed by atoms with Crippen molar-refractivity contribution in [2.75, 3.05) is 7.11 Å². The van der Waals surface area contributed by atoms with Crippen molar-refractivity contribution in [2.24, 2.45) is 15.7 Å². The van der Waals surface area contributed by atoms with E-state index in [9.17, 15) is 35.0 Å². The summed E-state index contributed by atoms with van der Waals surface area (Å²) in [6, 6.07) is 11.0. The normalized spacial score (nSPS) is 14.5. The highest BCUT2D eigenvalue weighted by molar-refractivity contribution is 5.94. The molecule has 3 aromatic carbocycles. The number of non-ortho nitro benzene ring substituents is 1. The van der Waals surface area contributed by atoms with Crippen molar-refractivity contribution >= 4 is 23.5 Å². The number of ether oxygens (including phenoxy) is 1. The number of amidine groups is 1. The minimum absolute atomic E-state index is 0.0158. The number of hydrogen-bond acceptors (Lipinski definition) is 9. The van der Waals surface area contributed by atoms with E-state index in [1.807, 2.05) is 0 Å². The third-order valence-electron chi connectivity index (χ3n) is 6.01. The minimum Gasteiger partial charge on any atom is -0.507 e. The molecule has 0 aliphatic carbocycles. The van der Waals surface area contributed by atoms with E-state index in [-0.39, 0.29) is 39.5 Å². The van der Waals surface area contributed by atoms with Crippen molar-refractivity contribution in [1.29, 1.82) is 5.41 Å². The number of hydrogen-bond donors (Lipinski definition) is 5. The molecule has 0 spiro atoms. The molecule has 0 amide bonds. The molecule has 2 atom stereocenters. The van der Waals surface area contributed by atoms with Crippen LogP contribution in [0.25, 0.3) is 11.1 Å². The van der Waals surface area contributed by atoms with Crippen LogP contribution in [0.2, 0.25) is 0 Å². The summed E-state index contributed by atoms with van der Waals surface area (Å²) in [6.45, 7) is 0. The third-order valence-corrected chi connectivity index (χ3v) is 6.01. The Morgan fingerprint density at radius 3 is 2.42 bits per heavy atom. The highest BCUT2D eigenvalue weighted by Crippen LogP contribution is 2.44. The van der Waals surface area contributed by atoms with Gasteiger partial charge in [0, 0.05) is 34.4 Å². The van der Waals surface area contributed by atoms with Gasteiger partial charge in [-0.05, 0) is 42.0 Å². The first-order chi connectivity index (χ1) is 18.0. The van der Waals surface area contributed by atoms with E-state index in [1.165, 1.54) is 37.4 Å². The maximum atomic E-state index is 12.0. The smallest absolute Gasteiger partial charge is 0.311 e. The molecule has 194 valence electrons. The molecule has 0 fully saturated rings. The Kier molecular flexibility index (Phi) is 6.76. The van der Waals surface area contributed by atoms with Gasteiger partial charge < -0.3 is 25.8 Å². The molecular weight excluding hydrogens is 498 g/mol. The molecule has 4 rings (SSSR count). The predicted octanol–water partition coefficient (Wildman–Crippen LogP) is 1.85. The Bertz CT molecular complexity index is 1640. The average molecular weight is 519 g/mol. The maximum Gasteiger partial charge on any atom is 0.311 e. The van der Waals surface area contributed by atoms with Crippen LogP contribution in [0.4, 0.5) is 5.69 Å². The molecule has 6 N–H and O–H groups in total. The zero-order valence-electron chi connectivity index (χ0n) is 19.8. The topological polar surface area (TPSA) is 222 Å². The summed E-state index contributed by atoms with van der Waals surface area (Å²) in [5.74, 6) is -4.73. The molecule has 1 aliphatic heterocycles. The second-order valence-corrected chi connectivity index (χ2v) is 8.39. The lowest BCUT2D eigenvalue weighted by atomic mass is 9.89. The van der Waals surface area contributed by atoms with Crippen molar-refractivity contribution in [1.82, 2.24) is 0 Å². The molecule has 0 radical (unpaired) electrons. The third kappa shape index (κ3) is 4.84. The fourth-order valence-corrected chi connectivity index (χ4v) is 4.16. The molecule has 3 aromatic rings. The molecule has 2 unspecified atom stereocenters. The number of nitrogens with two attached hydrogens (primary N) is 1. The van der Waals surface area contributed by atoms with Gasteiger partial charge in [-0.1, -0.05) is 0 Å². The number of benzene rings is 3. The molecular formula is C25H21N5O8. The first kappa shape index (κ1) is 25.8. The van der Waals surface area contributed by atoms with Crippen LogP contribution >= 0.6 is 0 Å². The minimum atomic E-state index is -1.51. The highest BCUT2D eigenvalue weighted by atomic mass is 16.6. The number of phenols is 1. The summed E-state index contributed by atoms with van der Waals surface area (Å²) in [5, 5.41) is 50.3. The number of nitrogens with one attached hydrogen (secondary N) is 1. The lowest BCUT2D eigenvalue weighted by Gasteiger charge is -2.19. The Balaban J connectivity index is 1.99. The van der Waals surface area contributed by atoms with Crippen molar-refractivity contribution in [3.8, 4) is 22.6 Å².